The molecule has 0 N–H and O–H groups in total. The van der Waals surface area contributed by atoms with E-state index in [0.29, 0.717) is 0 Å². The van der Waals surface area contributed by atoms with Crippen molar-refractivity contribution in [3.05, 3.63) is 37.2 Å². The Hall–Kier alpha value is -1.84. The molecule has 2 aromatic heterocycles. The Kier molecular flexibility index (Phi) is 2.18. The molecule has 0 amide bonds. The lowest BCUT2D eigenvalue weighted by molar-refractivity contribution is -0.674. The van der Waals surface area contributed by atoms with Crippen LogP contribution in [0.3, 0.4) is 0 Å². The van der Waals surface area contributed by atoms with Crippen molar-refractivity contribution in [3.63, 3.8) is 0 Å². The minimum Gasteiger partial charge on any atom is -0.240 e. The Balaban J connectivity index is 2.40. The van der Waals surface area contributed by atoms with Crippen molar-refractivity contribution in [1.29, 1.82) is 0 Å². The van der Waals surface area contributed by atoms with E-state index in [1.54, 1.807) is 12.7 Å². The van der Waals surface area contributed by atoms with Crippen LogP contribution in [-0.4, -0.2) is 9.97 Å². The molecule has 0 unspecified atom stereocenters. The van der Waals surface area contributed by atoms with Gasteiger partial charge in [-0.05, 0) is 9.97 Å². The summed E-state index contributed by atoms with van der Waals surface area (Å²) in [5, 5.41) is 0. The van der Waals surface area contributed by atoms with Crippen LogP contribution in [0.1, 0.15) is 0 Å². The van der Waals surface area contributed by atoms with Crippen LogP contribution < -0.4 is 9.13 Å². The van der Waals surface area contributed by atoms with Crippen LogP contribution in [0.15, 0.2) is 37.2 Å². The zero-order valence-corrected chi connectivity index (χ0v) is 8.25. The van der Waals surface area contributed by atoms with E-state index in [2.05, 4.69) is 9.97 Å². The lowest BCUT2D eigenvalue weighted by atomic mass is 10.3. The highest BCUT2D eigenvalue weighted by molar-refractivity contribution is 5.50. The third-order valence-electron chi connectivity index (χ3n) is 1.96. The Labute approximate surface area is 82.5 Å². The topological polar surface area (TPSA) is 33.5 Å². The van der Waals surface area contributed by atoms with E-state index in [1.165, 1.54) is 0 Å². The highest BCUT2D eigenvalue weighted by atomic mass is 15.0. The quantitative estimate of drug-likeness (QED) is 0.580. The standard InChI is InChI=1S/C10H12N4/c1-13-5-3-9(11-7-13)10-4-6-14(2)8-12-10/h3-8H,1-2H3/q+2. The molecule has 2 heterocycles. The Morgan fingerprint density at radius 1 is 0.857 bits per heavy atom. The molecule has 0 saturated carbocycles. The van der Waals surface area contributed by atoms with Crippen molar-refractivity contribution in [2.75, 3.05) is 0 Å². The second-order valence-electron chi connectivity index (χ2n) is 3.22. The number of aryl methyl sites for hydroxylation is 2. The molecular formula is C10H12N4+2. The molecule has 0 atom stereocenters. The fourth-order valence-corrected chi connectivity index (χ4v) is 1.15. The molecule has 0 aliphatic rings. The number of hydrogen-bond acceptors (Lipinski definition) is 2. The van der Waals surface area contributed by atoms with Gasteiger partial charge in [-0.25, -0.2) is 9.13 Å². The van der Waals surface area contributed by atoms with Crippen molar-refractivity contribution < 1.29 is 9.13 Å². The van der Waals surface area contributed by atoms with E-state index >= 15 is 0 Å². The van der Waals surface area contributed by atoms with Gasteiger partial charge in [0.15, 0.2) is 0 Å². The van der Waals surface area contributed by atoms with E-state index in [4.69, 9.17) is 0 Å². The summed E-state index contributed by atoms with van der Waals surface area (Å²) in [5.74, 6) is 0. The lowest BCUT2D eigenvalue weighted by Gasteiger charge is -1.90. The summed E-state index contributed by atoms with van der Waals surface area (Å²) >= 11 is 0. The molecule has 0 radical (unpaired) electrons. The van der Waals surface area contributed by atoms with Crippen LogP contribution in [0.25, 0.3) is 11.4 Å². The fourth-order valence-electron chi connectivity index (χ4n) is 1.15. The molecule has 0 aliphatic heterocycles. The van der Waals surface area contributed by atoms with Gasteiger partial charge in [-0.2, -0.15) is 0 Å². The van der Waals surface area contributed by atoms with Gasteiger partial charge >= 0.3 is 0 Å². The van der Waals surface area contributed by atoms with Crippen LogP contribution in [0, 0.1) is 0 Å². The van der Waals surface area contributed by atoms with Crippen molar-refractivity contribution in [1.82, 2.24) is 9.97 Å². The van der Waals surface area contributed by atoms with Gasteiger partial charge < -0.3 is 0 Å². The van der Waals surface area contributed by atoms with Gasteiger partial charge in [0.2, 0.25) is 11.4 Å². The Bertz CT molecular complexity index is 375. The normalized spacial score (nSPS) is 10.1. The largest absolute Gasteiger partial charge is 0.286 e. The first-order valence-electron chi connectivity index (χ1n) is 4.38. The minimum atomic E-state index is 0.892. The average molecular weight is 188 g/mol. The summed E-state index contributed by atoms with van der Waals surface area (Å²) in [7, 11) is 3.88. The Morgan fingerprint density at radius 3 is 1.57 bits per heavy atom. The summed E-state index contributed by atoms with van der Waals surface area (Å²) in [4.78, 5) is 8.54. The second-order valence-corrected chi connectivity index (χ2v) is 3.22. The highest BCUT2D eigenvalue weighted by Gasteiger charge is 2.10. The molecule has 14 heavy (non-hydrogen) atoms. The zero-order chi connectivity index (χ0) is 9.97. The predicted molar refractivity (Wildman–Crippen MR) is 49.8 cm³/mol. The zero-order valence-electron chi connectivity index (χ0n) is 8.25. The van der Waals surface area contributed by atoms with Gasteiger partial charge in [-0.1, -0.05) is 0 Å². The van der Waals surface area contributed by atoms with Crippen LogP contribution >= 0.6 is 0 Å². The van der Waals surface area contributed by atoms with E-state index in [0.717, 1.165) is 11.4 Å². The summed E-state index contributed by atoms with van der Waals surface area (Å²) in [6, 6.07) is 3.89. The van der Waals surface area contributed by atoms with E-state index < -0.39 is 0 Å². The molecule has 4 heteroatoms. The van der Waals surface area contributed by atoms with E-state index in [1.807, 2.05) is 47.8 Å². The first kappa shape index (κ1) is 8.74. The van der Waals surface area contributed by atoms with Gasteiger partial charge in [0.25, 0.3) is 12.7 Å². The maximum Gasteiger partial charge on any atom is 0.286 e. The molecular weight excluding hydrogens is 176 g/mol. The summed E-state index contributed by atoms with van der Waals surface area (Å²) < 4.78 is 3.79. The fraction of sp³-hybridized carbons (Fsp3) is 0.200. The summed E-state index contributed by atoms with van der Waals surface area (Å²) in [5.41, 5.74) is 1.78. The number of hydrogen-bond donors (Lipinski definition) is 0. The lowest BCUT2D eigenvalue weighted by Crippen LogP contribution is -2.28. The molecule has 0 bridgehead atoms. The van der Waals surface area contributed by atoms with Crippen LogP contribution in [0.5, 0.6) is 0 Å². The number of nitrogens with zero attached hydrogens (tertiary/aromatic N) is 4. The van der Waals surface area contributed by atoms with Crippen molar-refractivity contribution >= 4 is 0 Å². The van der Waals surface area contributed by atoms with Gasteiger partial charge in [-0.15, -0.1) is 0 Å². The first-order chi connectivity index (χ1) is 6.75. The molecule has 2 aromatic rings. The van der Waals surface area contributed by atoms with E-state index in [-0.39, 0.29) is 0 Å². The third kappa shape index (κ3) is 1.74. The smallest absolute Gasteiger partial charge is 0.240 e. The average Bonchev–Trinajstić information content (AvgIpc) is 2.21. The molecule has 0 aromatic carbocycles. The SMILES string of the molecule is C[n+]1ccc(-c2cc[n+](C)cn2)nc1. The molecule has 0 saturated heterocycles. The number of aromatic nitrogens is 4. The summed E-state index contributed by atoms with van der Waals surface area (Å²) in [6.07, 6.45) is 7.45. The molecule has 0 spiro atoms. The predicted octanol–water partition coefficient (Wildman–Crippen LogP) is -0.207. The van der Waals surface area contributed by atoms with Crippen LogP contribution in [0.4, 0.5) is 0 Å². The molecule has 4 nitrogen and oxygen atoms in total. The van der Waals surface area contributed by atoms with Crippen LogP contribution in [0.2, 0.25) is 0 Å². The molecule has 2 rings (SSSR count). The van der Waals surface area contributed by atoms with E-state index in [9.17, 15) is 0 Å². The van der Waals surface area contributed by atoms with Crippen molar-refractivity contribution in [2.24, 2.45) is 14.1 Å². The summed E-state index contributed by atoms with van der Waals surface area (Å²) in [6.45, 7) is 0. The molecule has 0 aliphatic carbocycles. The monoisotopic (exact) mass is 188 g/mol. The van der Waals surface area contributed by atoms with Gasteiger partial charge in [0.05, 0.1) is 26.5 Å². The van der Waals surface area contributed by atoms with Gasteiger partial charge in [-0.3, -0.25) is 0 Å². The first-order valence-corrected chi connectivity index (χ1v) is 4.38. The van der Waals surface area contributed by atoms with Crippen molar-refractivity contribution in [3.8, 4) is 11.4 Å². The van der Waals surface area contributed by atoms with Crippen molar-refractivity contribution in [2.45, 2.75) is 0 Å². The molecule has 70 valence electrons. The number of rotatable bonds is 1. The molecule has 0 fully saturated rings. The van der Waals surface area contributed by atoms with Crippen LogP contribution in [-0.2, 0) is 14.1 Å². The highest BCUT2D eigenvalue weighted by Crippen LogP contribution is 2.08. The van der Waals surface area contributed by atoms with Gasteiger partial charge in [0, 0.05) is 12.1 Å². The minimum absolute atomic E-state index is 0.892. The second kappa shape index (κ2) is 3.49. The maximum atomic E-state index is 4.27. The maximum absolute atomic E-state index is 4.27. The third-order valence-corrected chi connectivity index (χ3v) is 1.96. The Morgan fingerprint density at radius 2 is 1.29 bits per heavy atom. The van der Waals surface area contributed by atoms with Gasteiger partial charge in [0.1, 0.15) is 0 Å².